The Morgan fingerprint density at radius 1 is 0.710 bits per heavy atom. The van der Waals surface area contributed by atoms with Gasteiger partial charge in [-0.05, 0) is 43.3 Å². The fourth-order valence-electron chi connectivity index (χ4n) is 3.67. The van der Waals surface area contributed by atoms with Crippen LogP contribution in [0.25, 0.3) is 0 Å². The van der Waals surface area contributed by atoms with Crippen LogP contribution in [0.1, 0.15) is 6.92 Å². The molecular weight excluding hydrogens is 411 g/mol. The van der Waals surface area contributed by atoms with Crippen LogP contribution in [0.3, 0.4) is 0 Å². The first-order valence-electron chi connectivity index (χ1n) is 10.0. The minimum absolute atomic E-state index is 0.217. The van der Waals surface area contributed by atoms with Gasteiger partial charge in [-0.2, -0.15) is 0 Å². The standard InChI is InChI=1S/C25H28O5P/c1-5-30-25(26)18-31(22-12-6-9-19(15-22)27-2,23-13-7-10-20(16-23)28-3)24-14-8-11-21(17-24)29-4/h6-17H,5,18H2,1-4H3/q+1. The van der Waals surface area contributed by atoms with Gasteiger partial charge in [0.15, 0.2) is 6.16 Å². The average Bonchev–Trinajstić information content (AvgIpc) is 2.82. The van der Waals surface area contributed by atoms with Crippen molar-refractivity contribution in [2.45, 2.75) is 6.92 Å². The lowest BCUT2D eigenvalue weighted by atomic mass is 10.3. The lowest BCUT2D eigenvalue weighted by Crippen LogP contribution is -2.36. The van der Waals surface area contributed by atoms with E-state index in [1.54, 1.807) is 21.3 Å². The van der Waals surface area contributed by atoms with Crippen molar-refractivity contribution >= 4 is 29.1 Å². The summed E-state index contributed by atoms with van der Waals surface area (Å²) in [7, 11) is 2.45. The number of rotatable bonds is 9. The van der Waals surface area contributed by atoms with Gasteiger partial charge < -0.3 is 18.9 Å². The first kappa shape index (κ1) is 22.6. The molecule has 3 aromatic carbocycles. The molecule has 0 unspecified atom stereocenters. The number of esters is 1. The molecule has 0 amide bonds. The molecule has 162 valence electrons. The Morgan fingerprint density at radius 2 is 1.10 bits per heavy atom. The van der Waals surface area contributed by atoms with Crippen LogP contribution >= 0.6 is 7.26 Å². The number of methoxy groups -OCH3 is 3. The van der Waals surface area contributed by atoms with E-state index in [4.69, 9.17) is 18.9 Å². The lowest BCUT2D eigenvalue weighted by molar-refractivity contribution is -0.139. The van der Waals surface area contributed by atoms with E-state index < -0.39 is 7.26 Å². The number of hydrogen-bond donors (Lipinski definition) is 0. The Morgan fingerprint density at radius 3 is 1.42 bits per heavy atom. The predicted molar refractivity (Wildman–Crippen MR) is 126 cm³/mol. The summed E-state index contributed by atoms with van der Waals surface area (Å²) in [5, 5.41) is 3.05. The molecule has 3 rings (SSSR count). The molecule has 3 aromatic rings. The van der Waals surface area contributed by atoms with Crippen LogP contribution in [-0.4, -0.2) is 40.1 Å². The number of carbonyl (C=O) groups is 1. The van der Waals surface area contributed by atoms with Crippen molar-refractivity contribution in [1.82, 2.24) is 0 Å². The highest BCUT2D eigenvalue weighted by Gasteiger charge is 2.48. The van der Waals surface area contributed by atoms with Crippen molar-refractivity contribution in [3.63, 3.8) is 0 Å². The molecule has 0 saturated heterocycles. The minimum Gasteiger partial charge on any atom is -0.497 e. The fourth-order valence-corrected chi connectivity index (χ4v) is 7.65. The highest BCUT2D eigenvalue weighted by molar-refractivity contribution is 7.96. The Labute approximate surface area is 184 Å². The summed E-state index contributed by atoms with van der Waals surface area (Å²) in [5.74, 6) is 1.95. The van der Waals surface area contributed by atoms with Gasteiger partial charge in [0.1, 0.15) is 40.4 Å². The molecule has 0 fully saturated rings. The van der Waals surface area contributed by atoms with Crippen molar-refractivity contribution in [3.05, 3.63) is 72.8 Å². The molecular formula is C25H28O5P+. The molecule has 5 nitrogen and oxygen atoms in total. The third-order valence-electron chi connectivity index (χ3n) is 5.15. The monoisotopic (exact) mass is 439 g/mol. The third-order valence-corrected chi connectivity index (χ3v) is 9.37. The van der Waals surface area contributed by atoms with Gasteiger partial charge in [-0.1, -0.05) is 18.2 Å². The van der Waals surface area contributed by atoms with E-state index in [-0.39, 0.29) is 12.1 Å². The molecule has 0 bridgehead atoms. The third kappa shape index (κ3) is 4.83. The van der Waals surface area contributed by atoms with Gasteiger partial charge in [0, 0.05) is 18.2 Å². The zero-order valence-electron chi connectivity index (χ0n) is 18.3. The molecule has 0 aliphatic rings. The van der Waals surface area contributed by atoms with Gasteiger partial charge in [0.05, 0.1) is 27.9 Å². The van der Waals surface area contributed by atoms with Crippen LogP contribution in [0.2, 0.25) is 0 Å². The van der Waals surface area contributed by atoms with Crippen molar-refractivity contribution < 1.29 is 23.7 Å². The van der Waals surface area contributed by atoms with Crippen molar-refractivity contribution in [3.8, 4) is 17.2 Å². The summed E-state index contributed by atoms with van der Waals surface area (Å²) in [4.78, 5) is 13.0. The summed E-state index contributed by atoms with van der Waals surface area (Å²) in [6, 6.07) is 23.7. The predicted octanol–water partition coefficient (Wildman–Crippen LogP) is 3.57. The maximum atomic E-state index is 13.0. The molecule has 0 aliphatic heterocycles. The zero-order chi connectivity index (χ0) is 22.3. The zero-order valence-corrected chi connectivity index (χ0v) is 19.2. The Balaban J connectivity index is 2.36. The quantitative estimate of drug-likeness (QED) is 0.377. The first-order valence-corrected chi connectivity index (χ1v) is 12.0. The van der Waals surface area contributed by atoms with Crippen molar-refractivity contribution in [2.75, 3.05) is 34.1 Å². The molecule has 0 aromatic heterocycles. The fraction of sp³-hybridized carbons (Fsp3) is 0.240. The summed E-state index contributed by atoms with van der Waals surface area (Å²) < 4.78 is 22.0. The Hall–Kier alpha value is -3.04. The summed E-state index contributed by atoms with van der Waals surface area (Å²) >= 11 is 0. The first-order chi connectivity index (χ1) is 15.1. The van der Waals surface area contributed by atoms with Crippen LogP contribution in [0.15, 0.2) is 72.8 Å². The minimum atomic E-state index is -2.47. The molecule has 31 heavy (non-hydrogen) atoms. The van der Waals surface area contributed by atoms with E-state index in [1.165, 1.54) is 0 Å². The largest absolute Gasteiger partial charge is 0.497 e. The lowest BCUT2D eigenvalue weighted by Gasteiger charge is -2.27. The second-order valence-electron chi connectivity index (χ2n) is 6.88. The molecule has 0 saturated carbocycles. The molecule has 0 aliphatic carbocycles. The molecule has 0 radical (unpaired) electrons. The highest BCUT2D eigenvalue weighted by Crippen LogP contribution is 2.56. The second kappa shape index (κ2) is 10.3. The summed E-state index contributed by atoms with van der Waals surface area (Å²) in [6.07, 6.45) is 0.217. The van der Waals surface area contributed by atoms with E-state index in [0.29, 0.717) is 6.61 Å². The van der Waals surface area contributed by atoms with Crippen LogP contribution in [0.5, 0.6) is 17.2 Å². The van der Waals surface area contributed by atoms with E-state index in [2.05, 4.69) is 18.2 Å². The molecule has 6 heteroatoms. The number of benzene rings is 3. The maximum absolute atomic E-state index is 13.0. The Bertz CT molecular complexity index is 918. The topological polar surface area (TPSA) is 54.0 Å². The molecule has 0 N–H and O–H groups in total. The van der Waals surface area contributed by atoms with Gasteiger partial charge in [0.25, 0.3) is 0 Å². The Kier molecular flexibility index (Phi) is 7.54. The SMILES string of the molecule is CCOC(=O)C[P+](c1cccc(OC)c1)(c1cccc(OC)c1)c1cccc(OC)c1. The second-order valence-corrected chi connectivity index (χ2v) is 10.4. The maximum Gasteiger partial charge on any atom is 0.345 e. The van der Waals surface area contributed by atoms with E-state index in [1.807, 2.05) is 61.5 Å². The van der Waals surface area contributed by atoms with Crippen LogP contribution in [-0.2, 0) is 9.53 Å². The van der Waals surface area contributed by atoms with Crippen LogP contribution < -0.4 is 30.1 Å². The van der Waals surface area contributed by atoms with E-state index >= 15 is 0 Å². The highest BCUT2D eigenvalue weighted by atomic mass is 31.2. The number of ether oxygens (including phenoxy) is 4. The van der Waals surface area contributed by atoms with Crippen LogP contribution in [0.4, 0.5) is 0 Å². The molecule has 0 atom stereocenters. The normalized spacial score (nSPS) is 11.0. The van der Waals surface area contributed by atoms with Gasteiger partial charge in [0.2, 0.25) is 0 Å². The van der Waals surface area contributed by atoms with E-state index in [9.17, 15) is 4.79 Å². The van der Waals surface area contributed by atoms with Gasteiger partial charge >= 0.3 is 5.97 Å². The number of carbonyl (C=O) groups excluding carboxylic acids is 1. The summed E-state index contributed by atoms with van der Waals surface area (Å²) in [5.41, 5.74) is 0. The summed E-state index contributed by atoms with van der Waals surface area (Å²) in [6.45, 7) is 2.15. The smallest absolute Gasteiger partial charge is 0.345 e. The number of hydrogen-bond acceptors (Lipinski definition) is 5. The van der Waals surface area contributed by atoms with Gasteiger partial charge in [-0.3, -0.25) is 0 Å². The van der Waals surface area contributed by atoms with Crippen molar-refractivity contribution in [2.24, 2.45) is 0 Å². The van der Waals surface area contributed by atoms with Gasteiger partial charge in [-0.15, -0.1) is 0 Å². The average molecular weight is 439 g/mol. The molecule has 0 heterocycles. The van der Waals surface area contributed by atoms with Crippen LogP contribution in [0, 0.1) is 0 Å². The van der Waals surface area contributed by atoms with Crippen molar-refractivity contribution in [1.29, 1.82) is 0 Å². The van der Waals surface area contributed by atoms with E-state index in [0.717, 1.165) is 33.2 Å². The molecule has 0 spiro atoms. The van der Waals surface area contributed by atoms with Gasteiger partial charge in [-0.25, -0.2) is 4.79 Å².